The van der Waals surface area contributed by atoms with Gasteiger partial charge in [0.1, 0.15) is 5.75 Å². The summed E-state index contributed by atoms with van der Waals surface area (Å²) in [4.78, 5) is 29.8. The van der Waals surface area contributed by atoms with Crippen molar-refractivity contribution in [3.05, 3.63) is 59.8 Å². The number of methoxy groups -OCH3 is 1. The fourth-order valence-corrected chi connectivity index (χ4v) is 3.93. The first-order valence-corrected chi connectivity index (χ1v) is 10.1. The molecule has 9 heteroatoms. The van der Waals surface area contributed by atoms with Crippen LogP contribution >= 0.6 is 0 Å². The van der Waals surface area contributed by atoms with Gasteiger partial charge in [-0.3, -0.25) is 9.59 Å². The molecule has 0 aliphatic carbocycles. The number of aromatic nitrogens is 1. The Morgan fingerprint density at radius 1 is 1.25 bits per heavy atom. The maximum atomic E-state index is 12.9. The van der Waals surface area contributed by atoms with Gasteiger partial charge in [-0.15, -0.1) is 0 Å². The third-order valence-corrected chi connectivity index (χ3v) is 5.67. The highest BCUT2D eigenvalue weighted by Crippen LogP contribution is 2.31. The van der Waals surface area contributed by atoms with E-state index in [-0.39, 0.29) is 24.6 Å². The number of halogens is 3. The van der Waals surface area contributed by atoms with Gasteiger partial charge in [0.2, 0.25) is 11.8 Å². The van der Waals surface area contributed by atoms with Crippen LogP contribution in [-0.4, -0.2) is 41.9 Å². The van der Waals surface area contributed by atoms with E-state index in [1.807, 2.05) is 24.4 Å². The summed E-state index contributed by atoms with van der Waals surface area (Å²) < 4.78 is 43.9. The van der Waals surface area contributed by atoms with Crippen LogP contribution in [-0.2, 0) is 22.2 Å². The SMILES string of the molecule is COc1ccc2[nH]cc(CCN3C[C@H](C(=O)Nc4cccc(C(F)(F)F)c4)CC3=O)c2c1. The van der Waals surface area contributed by atoms with Gasteiger partial charge in [-0.1, -0.05) is 6.07 Å². The highest BCUT2D eigenvalue weighted by atomic mass is 19.4. The van der Waals surface area contributed by atoms with E-state index in [9.17, 15) is 22.8 Å². The van der Waals surface area contributed by atoms with Gasteiger partial charge >= 0.3 is 6.18 Å². The number of aromatic amines is 1. The van der Waals surface area contributed by atoms with Crippen LogP contribution < -0.4 is 10.1 Å². The molecule has 2 aromatic carbocycles. The first-order chi connectivity index (χ1) is 15.2. The highest BCUT2D eigenvalue weighted by molar-refractivity contribution is 5.97. The van der Waals surface area contributed by atoms with Crippen LogP contribution in [0.1, 0.15) is 17.5 Å². The fourth-order valence-electron chi connectivity index (χ4n) is 3.93. The molecule has 1 saturated heterocycles. The smallest absolute Gasteiger partial charge is 0.416 e. The minimum absolute atomic E-state index is 0.0342. The number of amides is 2. The molecule has 2 amide bonds. The van der Waals surface area contributed by atoms with Crippen LogP contribution in [0.15, 0.2) is 48.7 Å². The van der Waals surface area contributed by atoms with Crippen LogP contribution in [0.25, 0.3) is 10.9 Å². The molecule has 0 radical (unpaired) electrons. The van der Waals surface area contributed by atoms with Gasteiger partial charge in [0.25, 0.3) is 0 Å². The van der Waals surface area contributed by atoms with Crippen molar-refractivity contribution < 1.29 is 27.5 Å². The molecule has 0 unspecified atom stereocenters. The Morgan fingerprint density at radius 3 is 2.81 bits per heavy atom. The van der Waals surface area contributed by atoms with Gasteiger partial charge in [0.15, 0.2) is 0 Å². The average Bonchev–Trinajstić information content (AvgIpc) is 3.34. The Kier molecular flexibility index (Phi) is 5.82. The maximum absolute atomic E-state index is 12.9. The number of likely N-dealkylation sites (tertiary alicyclic amines) is 1. The first kappa shape index (κ1) is 21.7. The number of carbonyl (C=O) groups is 2. The molecular weight excluding hydrogens is 423 g/mol. The van der Waals surface area contributed by atoms with E-state index < -0.39 is 23.6 Å². The van der Waals surface area contributed by atoms with Crippen LogP contribution in [0.5, 0.6) is 5.75 Å². The number of hydrogen-bond acceptors (Lipinski definition) is 3. The molecule has 1 fully saturated rings. The number of anilines is 1. The molecule has 6 nitrogen and oxygen atoms in total. The van der Waals surface area contributed by atoms with Crippen LogP contribution in [0.4, 0.5) is 18.9 Å². The second-order valence-corrected chi connectivity index (χ2v) is 7.78. The number of carbonyl (C=O) groups excluding carboxylic acids is 2. The quantitative estimate of drug-likeness (QED) is 0.597. The third kappa shape index (κ3) is 4.56. The molecule has 0 bridgehead atoms. The zero-order valence-electron chi connectivity index (χ0n) is 17.3. The second-order valence-electron chi connectivity index (χ2n) is 7.78. The third-order valence-electron chi connectivity index (χ3n) is 5.67. The lowest BCUT2D eigenvalue weighted by Crippen LogP contribution is -2.30. The number of hydrogen-bond donors (Lipinski definition) is 2. The molecule has 2 N–H and O–H groups in total. The normalized spacial score (nSPS) is 16.6. The Labute approximate surface area is 182 Å². The molecule has 4 rings (SSSR count). The van der Waals surface area contributed by atoms with E-state index in [1.165, 1.54) is 12.1 Å². The number of nitrogens with zero attached hydrogens (tertiary/aromatic N) is 1. The number of ether oxygens (including phenoxy) is 1. The summed E-state index contributed by atoms with van der Waals surface area (Å²) >= 11 is 0. The van der Waals surface area contributed by atoms with E-state index in [0.29, 0.717) is 13.0 Å². The fraction of sp³-hybridized carbons (Fsp3) is 0.304. The lowest BCUT2D eigenvalue weighted by Gasteiger charge is -2.16. The summed E-state index contributed by atoms with van der Waals surface area (Å²) in [6.45, 7) is 0.672. The van der Waals surface area contributed by atoms with E-state index >= 15 is 0 Å². The summed E-state index contributed by atoms with van der Waals surface area (Å²) in [5, 5.41) is 3.52. The maximum Gasteiger partial charge on any atom is 0.416 e. The summed E-state index contributed by atoms with van der Waals surface area (Å²) in [6, 6.07) is 10.2. The molecule has 1 atom stereocenters. The molecule has 32 heavy (non-hydrogen) atoms. The topological polar surface area (TPSA) is 74.4 Å². The molecule has 0 saturated carbocycles. The van der Waals surface area contributed by atoms with Crippen molar-refractivity contribution in [3.63, 3.8) is 0 Å². The minimum Gasteiger partial charge on any atom is -0.497 e. The summed E-state index contributed by atoms with van der Waals surface area (Å²) in [6.07, 6.45) is -1.97. The lowest BCUT2D eigenvalue weighted by atomic mass is 10.1. The number of benzene rings is 2. The van der Waals surface area contributed by atoms with Crippen molar-refractivity contribution in [2.45, 2.75) is 19.0 Å². The number of rotatable bonds is 6. The highest BCUT2D eigenvalue weighted by Gasteiger charge is 2.35. The van der Waals surface area contributed by atoms with Crippen molar-refractivity contribution in [1.82, 2.24) is 9.88 Å². The minimum atomic E-state index is -4.49. The Morgan fingerprint density at radius 2 is 2.06 bits per heavy atom. The largest absolute Gasteiger partial charge is 0.497 e. The van der Waals surface area contributed by atoms with Gasteiger partial charge in [-0.25, -0.2) is 0 Å². The molecule has 3 aromatic rings. The van der Waals surface area contributed by atoms with Crippen LogP contribution in [0, 0.1) is 5.92 Å². The summed E-state index contributed by atoms with van der Waals surface area (Å²) in [5.74, 6) is -0.481. The first-order valence-electron chi connectivity index (χ1n) is 10.1. The molecule has 1 aromatic heterocycles. The van der Waals surface area contributed by atoms with Crippen molar-refractivity contribution >= 4 is 28.4 Å². The predicted molar refractivity (Wildman–Crippen MR) is 113 cm³/mol. The van der Waals surface area contributed by atoms with Crippen LogP contribution in [0.2, 0.25) is 0 Å². The Hall–Kier alpha value is -3.49. The zero-order chi connectivity index (χ0) is 22.9. The molecule has 2 heterocycles. The van der Waals surface area contributed by atoms with E-state index in [4.69, 9.17) is 4.74 Å². The Balaban J connectivity index is 1.38. The second kappa shape index (κ2) is 8.57. The Bertz CT molecular complexity index is 1160. The monoisotopic (exact) mass is 445 g/mol. The zero-order valence-corrected chi connectivity index (χ0v) is 17.3. The van der Waals surface area contributed by atoms with Crippen molar-refractivity contribution in [1.29, 1.82) is 0 Å². The summed E-state index contributed by atoms with van der Waals surface area (Å²) in [7, 11) is 1.60. The molecule has 0 spiro atoms. The number of fused-ring (bicyclic) bond motifs is 1. The van der Waals surface area contributed by atoms with Gasteiger partial charge in [0.05, 0.1) is 18.6 Å². The van der Waals surface area contributed by atoms with Crippen molar-refractivity contribution in [2.75, 3.05) is 25.5 Å². The van der Waals surface area contributed by atoms with Gasteiger partial charge in [-0.2, -0.15) is 13.2 Å². The summed E-state index contributed by atoms with van der Waals surface area (Å²) in [5.41, 5.74) is 1.22. The number of nitrogens with one attached hydrogen (secondary N) is 2. The number of alkyl halides is 3. The lowest BCUT2D eigenvalue weighted by molar-refractivity contribution is -0.137. The van der Waals surface area contributed by atoms with Gasteiger partial charge in [0, 0.05) is 42.3 Å². The predicted octanol–water partition coefficient (Wildman–Crippen LogP) is 4.23. The molecule has 1 aliphatic rings. The van der Waals surface area contributed by atoms with Crippen molar-refractivity contribution in [3.8, 4) is 5.75 Å². The molecule has 1 aliphatic heterocycles. The van der Waals surface area contributed by atoms with E-state index in [1.54, 1.807) is 12.0 Å². The number of H-pyrrole nitrogens is 1. The van der Waals surface area contributed by atoms with E-state index in [0.717, 1.165) is 34.3 Å². The molecular formula is C23H22F3N3O3. The van der Waals surface area contributed by atoms with Crippen molar-refractivity contribution in [2.24, 2.45) is 5.92 Å². The van der Waals surface area contributed by atoms with E-state index in [2.05, 4.69) is 10.3 Å². The van der Waals surface area contributed by atoms with Crippen LogP contribution in [0.3, 0.4) is 0 Å². The van der Waals surface area contributed by atoms with Gasteiger partial charge < -0.3 is 19.9 Å². The standard InChI is InChI=1S/C23H22F3N3O3/c1-32-18-5-6-20-19(11-18)14(12-27-20)7-8-29-13-15(9-21(29)30)22(31)28-17-4-2-3-16(10-17)23(24,25)26/h2-6,10-12,15,27H,7-9,13H2,1H3,(H,28,31)/t15-/m1/s1. The average molecular weight is 445 g/mol. The van der Waals surface area contributed by atoms with Gasteiger partial charge in [-0.05, 0) is 48.4 Å². The molecule has 168 valence electrons.